The molecule has 6 heteroatoms. The molecule has 0 bridgehead atoms. The summed E-state index contributed by atoms with van der Waals surface area (Å²) in [5.74, 6) is -0.856. The molecule has 0 aromatic heterocycles. The normalized spacial score (nSPS) is 31.3. The molecule has 0 spiro atoms. The molecule has 3 unspecified atom stereocenters. The second kappa shape index (κ2) is 6.64. The molecule has 1 N–H and O–H groups in total. The van der Waals surface area contributed by atoms with E-state index in [1.165, 1.54) is 0 Å². The van der Waals surface area contributed by atoms with Gasteiger partial charge in [-0.25, -0.2) is 9.59 Å². The third-order valence-electron chi connectivity index (χ3n) is 4.87. The van der Waals surface area contributed by atoms with E-state index in [0.717, 1.165) is 25.9 Å². The lowest BCUT2D eigenvalue weighted by Gasteiger charge is -2.44. The summed E-state index contributed by atoms with van der Waals surface area (Å²) in [7, 11) is 0. The number of aliphatic carboxylic acids is 1. The van der Waals surface area contributed by atoms with E-state index in [2.05, 4.69) is 18.7 Å². The molecule has 2 heterocycles. The summed E-state index contributed by atoms with van der Waals surface area (Å²) in [6, 6.07) is -0.444. The van der Waals surface area contributed by atoms with Gasteiger partial charge in [0.2, 0.25) is 0 Å². The number of likely N-dealkylation sites (N-methyl/N-ethyl adjacent to an activating group) is 1. The highest BCUT2D eigenvalue weighted by atomic mass is 16.4. The number of carboxylic acids is 1. The van der Waals surface area contributed by atoms with Crippen molar-refractivity contribution < 1.29 is 14.7 Å². The monoisotopic (exact) mass is 297 g/mol. The SMILES string of the molecule is CCN1CCN(C(=O)N2CCCC(C)C2C(=O)O)CC1C. The van der Waals surface area contributed by atoms with Gasteiger partial charge in [0.05, 0.1) is 0 Å². The van der Waals surface area contributed by atoms with E-state index in [1.807, 2.05) is 11.8 Å². The minimum absolute atomic E-state index is 0.0227. The van der Waals surface area contributed by atoms with Crippen molar-refractivity contribution in [3.63, 3.8) is 0 Å². The first-order valence-corrected chi connectivity index (χ1v) is 7.98. The van der Waals surface area contributed by atoms with Crippen LogP contribution in [0.2, 0.25) is 0 Å². The maximum atomic E-state index is 12.7. The van der Waals surface area contributed by atoms with Gasteiger partial charge in [-0.15, -0.1) is 0 Å². The lowest BCUT2D eigenvalue weighted by Crippen LogP contribution is -2.60. The smallest absolute Gasteiger partial charge is 0.326 e. The maximum Gasteiger partial charge on any atom is 0.326 e. The van der Waals surface area contributed by atoms with Crippen molar-refractivity contribution in [2.24, 2.45) is 5.92 Å². The largest absolute Gasteiger partial charge is 0.480 e. The van der Waals surface area contributed by atoms with E-state index in [-0.39, 0.29) is 11.9 Å². The fourth-order valence-electron chi connectivity index (χ4n) is 3.60. The molecular formula is C15H27N3O3. The van der Waals surface area contributed by atoms with Gasteiger partial charge in [0, 0.05) is 32.2 Å². The second-order valence-electron chi connectivity index (χ2n) is 6.30. The van der Waals surface area contributed by atoms with Gasteiger partial charge in [0.1, 0.15) is 6.04 Å². The zero-order valence-electron chi connectivity index (χ0n) is 13.3. The Labute approximate surface area is 126 Å². The van der Waals surface area contributed by atoms with Crippen molar-refractivity contribution in [1.82, 2.24) is 14.7 Å². The molecule has 2 rings (SSSR count). The summed E-state index contributed by atoms with van der Waals surface area (Å²) in [5.41, 5.74) is 0. The van der Waals surface area contributed by atoms with Crippen LogP contribution in [0.3, 0.4) is 0 Å². The van der Waals surface area contributed by atoms with Crippen LogP contribution in [0.1, 0.15) is 33.6 Å². The number of urea groups is 1. The topological polar surface area (TPSA) is 64.1 Å². The second-order valence-corrected chi connectivity index (χ2v) is 6.30. The Morgan fingerprint density at radius 1 is 1.19 bits per heavy atom. The summed E-state index contributed by atoms with van der Waals surface area (Å²) in [6.07, 6.45) is 1.77. The molecule has 0 radical (unpaired) electrons. The predicted octanol–water partition coefficient (Wildman–Crippen LogP) is 1.32. The molecule has 0 aliphatic carbocycles. The standard InChI is InChI=1S/C15H27N3O3/c1-4-16-8-9-17(10-12(16)3)15(21)18-7-5-6-11(2)13(18)14(19)20/h11-13H,4-10H2,1-3H3,(H,19,20). The number of carbonyl (C=O) groups excluding carboxylic acids is 1. The summed E-state index contributed by atoms with van der Waals surface area (Å²) in [6.45, 7) is 9.96. The average molecular weight is 297 g/mol. The Bertz CT molecular complexity index is 402. The van der Waals surface area contributed by atoms with Gasteiger partial charge in [-0.3, -0.25) is 4.90 Å². The number of hydrogen-bond donors (Lipinski definition) is 1. The van der Waals surface area contributed by atoms with Crippen LogP contribution >= 0.6 is 0 Å². The lowest BCUT2D eigenvalue weighted by atomic mass is 9.91. The molecular weight excluding hydrogens is 270 g/mol. The Hall–Kier alpha value is -1.30. The van der Waals surface area contributed by atoms with Crippen LogP contribution in [-0.4, -0.2) is 76.6 Å². The van der Waals surface area contributed by atoms with E-state index in [4.69, 9.17) is 0 Å². The van der Waals surface area contributed by atoms with E-state index < -0.39 is 12.0 Å². The van der Waals surface area contributed by atoms with Crippen LogP contribution < -0.4 is 0 Å². The summed E-state index contributed by atoms with van der Waals surface area (Å²) < 4.78 is 0. The van der Waals surface area contributed by atoms with E-state index in [1.54, 1.807) is 4.90 Å². The van der Waals surface area contributed by atoms with Gasteiger partial charge in [-0.1, -0.05) is 13.8 Å². The third kappa shape index (κ3) is 3.31. The van der Waals surface area contributed by atoms with Crippen molar-refractivity contribution in [3.05, 3.63) is 0 Å². The zero-order chi connectivity index (χ0) is 15.6. The number of carbonyl (C=O) groups is 2. The van der Waals surface area contributed by atoms with Crippen molar-refractivity contribution in [1.29, 1.82) is 0 Å². The number of piperidine rings is 1. The summed E-state index contributed by atoms with van der Waals surface area (Å²) >= 11 is 0. The van der Waals surface area contributed by atoms with Gasteiger partial charge in [0.15, 0.2) is 0 Å². The number of piperazine rings is 1. The van der Waals surface area contributed by atoms with Crippen LogP contribution in [0.5, 0.6) is 0 Å². The highest BCUT2D eigenvalue weighted by Crippen LogP contribution is 2.25. The molecule has 0 aromatic carbocycles. The van der Waals surface area contributed by atoms with Gasteiger partial charge in [-0.05, 0) is 32.2 Å². The first-order chi connectivity index (χ1) is 9.95. The fraction of sp³-hybridized carbons (Fsp3) is 0.867. The van der Waals surface area contributed by atoms with Crippen LogP contribution in [0.25, 0.3) is 0 Å². The highest BCUT2D eigenvalue weighted by molar-refractivity contribution is 5.83. The minimum Gasteiger partial charge on any atom is -0.480 e. The van der Waals surface area contributed by atoms with Crippen LogP contribution in [0.15, 0.2) is 0 Å². The lowest BCUT2D eigenvalue weighted by molar-refractivity contribution is -0.145. The minimum atomic E-state index is -0.879. The van der Waals surface area contributed by atoms with Gasteiger partial charge in [0.25, 0.3) is 0 Å². The van der Waals surface area contributed by atoms with Crippen molar-refractivity contribution >= 4 is 12.0 Å². The zero-order valence-corrected chi connectivity index (χ0v) is 13.3. The summed E-state index contributed by atoms with van der Waals surface area (Å²) in [5, 5.41) is 9.44. The number of hydrogen-bond acceptors (Lipinski definition) is 3. The van der Waals surface area contributed by atoms with E-state index in [0.29, 0.717) is 25.7 Å². The molecule has 2 aliphatic rings. The Kier molecular flexibility index (Phi) is 5.08. The highest BCUT2D eigenvalue weighted by Gasteiger charge is 2.39. The third-order valence-corrected chi connectivity index (χ3v) is 4.87. The first kappa shape index (κ1) is 16.1. The van der Waals surface area contributed by atoms with Crippen molar-refractivity contribution in [2.75, 3.05) is 32.7 Å². The first-order valence-electron chi connectivity index (χ1n) is 7.98. The number of likely N-dealkylation sites (tertiary alicyclic amines) is 1. The Morgan fingerprint density at radius 3 is 2.48 bits per heavy atom. The van der Waals surface area contributed by atoms with Crippen LogP contribution in [0.4, 0.5) is 4.79 Å². The molecule has 3 atom stereocenters. The number of carboxylic acid groups (broad SMARTS) is 1. The molecule has 2 fully saturated rings. The van der Waals surface area contributed by atoms with Gasteiger partial charge >= 0.3 is 12.0 Å². The maximum absolute atomic E-state index is 12.7. The quantitative estimate of drug-likeness (QED) is 0.835. The Morgan fingerprint density at radius 2 is 1.90 bits per heavy atom. The van der Waals surface area contributed by atoms with Crippen molar-refractivity contribution in [3.8, 4) is 0 Å². The molecule has 120 valence electrons. The average Bonchev–Trinajstić information content (AvgIpc) is 2.45. The molecule has 0 saturated carbocycles. The molecule has 0 aromatic rings. The number of nitrogens with zero attached hydrogens (tertiary/aromatic N) is 3. The van der Waals surface area contributed by atoms with E-state index >= 15 is 0 Å². The van der Waals surface area contributed by atoms with Crippen molar-refractivity contribution in [2.45, 2.75) is 45.7 Å². The fourth-order valence-corrected chi connectivity index (χ4v) is 3.60. The van der Waals surface area contributed by atoms with Crippen LogP contribution in [0, 0.1) is 5.92 Å². The number of rotatable bonds is 2. The molecule has 21 heavy (non-hydrogen) atoms. The van der Waals surface area contributed by atoms with Crippen LogP contribution in [-0.2, 0) is 4.79 Å². The number of amides is 2. The molecule has 2 saturated heterocycles. The Balaban J connectivity index is 2.06. The van der Waals surface area contributed by atoms with Gasteiger partial charge < -0.3 is 14.9 Å². The molecule has 2 aliphatic heterocycles. The molecule has 2 amide bonds. The predicted molar refractivity (Wildman–Crippen MR) is 80.2 cm³/mol. The summed E-state index contributed by atoms with van der Waals surface area (Å²) in [4.78, 5) is 30.0. The molecule has 6 nitrogen and oxygen atoms in total. The van der Waals surface area contributed by atoms with Gasteiger partial charge in [-0.2, -0.15) is 0 Å². The van der Waals surface area contributed by atoms with E-state index in [9.17, 15) is 14.7 Å².